The van der Waals surface area contributed by atoms with Crippen LogP contribution in [0.5, 0.6) is 0 Å². The second-order valence-electron chi connectivity index (χ2n) is 7.60. The van der Waals surface area contributed by atoms with Gasteiger partial charge in [-0.2, -0.15) is 0 Å². The molecule has 1 aromatic rings. The van der Waals surface area contributed by atoms with Crippen molar-refractivity contribution in [3.8, 4) is 0 Å². The highest BCUT2D eigenvalue weighted by atomic mass is 28.2. The average molecular weight is 391 g/mol. The first-order valence-electron chi connectivity index (χ1n) is 10.0. The molecule has 0 aromatic heterocycles. The molecular formula is C21H38N2OSi2. The van der Waals surface area contributed by atoms with E-state index in [1.807, 2.05) is 0 Å². The molecule has 0 aliphatic carbocycles. The lowest BCUT2D eigenvalue weighted by atomic mass is 10.1. The van der Waals surface area contributed by atoms with Gasteiger partial charge in [-0.1, -0.05) is 50.6 Å². The van der Waals surface area contributed by atoms with E-state index in [9.17, 15) is 0 Å². The lowest BCUT2D eigenvalue weighted by molar-refractivity contribution is 0.254. The SMILES string of the molecule is CC(C)O[Si]CCCCCCCC[Si]c1ccc(N(C)C)cc1N(C)C. The number of nitrogens with zero attached hydrogens (tertiary/aromatic N) is 2. The largest absolute Gasteiger partial charge is 0.415 e. The summed E-state index contributed by atoms with van der Waals surface area (Å²) in [5, 5.41) is 1.51. The zero-order valence-electron chi connectivity index (χ0n) is 17.8. The molecule has 3 nitrogen and oxygen atoms in total. The van der Waals surface area contributed by atoms with E-state index in [-0.39, 0.29) is 0 Å². The number of benzene rings is 1. The minimum atomic E-state index is 0.390. The molecule has 0 spiro atoms. The molecule has 0 aliphatic rings. The number of unbranched alkanes of at least 4 members (excludes halogenated alkanes) is 5. The molecule has 26 heavy (non-hydrogen) atoms. The van der Waals surface area contributed by atoms with Crippen LogP contribution in [0.2, 0.25) is 12.1 Å². The zero-order valence-corrected chi connectivity index (χ0v) is 19.8. The molecule has 0 saturated heterocycles. The normalized spacial score (nSPS) is 11.2. The molecule has 0 saturated carbocycles. The Morgan fingerprint density at radius 1 is 0.846 bits per heavy atom. The molecule has 0 atom stereocenters. The maximum absolute atomic E-state index is 5.61. The van der Waals surface area contributed by atoms with E-state index in [1.54, 1.807) is 0 Å². The Balaban J connectivity index is 2.16. The van der Waals surface area contributed by atoms with Gasteiger partial charge in [-0.3, -0.25) is 0 Å². The first kappa shape index (κ1) is 23.3. The molecular weight excluding hydrogens is 352 g/mol. The van der Waals surface area contributed by atoms with Crippen molar-refractivity contribution in [2.24, 2.45) is 0 Å². The van der Waals surface area contributed by atoms with E-state index in [2.05, 4.69) is 70.0 Å². The van der Waals surface area contributed by atoms with Gasteiger partial charge in [0.1, 0.15) is 0 Å². The molecule has 0 aliphatic heterocycles. The Morgan fingerprint density at radius 2 is 1.46 bits per heavy atom. The third-order valence-electron chi connectivity index (χ3n) is 4.32. The molecule has 0 amide bonds. The van der Waals surface area contributed by atoms with Crippen LogP contribution in [0.15, 0.2) is 18.2 Å². The van der Waals surface area contributed by atoms with E-state index in [0.717, 1.165) is 9.52 Å². The third-order valence-corrected chi connectivity index (χ3v) is 6.92. The summed E-state index contributed by atoms with van der Waals surface area (Å²) >= 11 is 0. The summed E-state index contributed by atoms with van der Waals surface area (Å²) in [6, 6.07) is 9.45. The summed E-state index contributed by atoms with van der Waals surface area (Å²) < 4.78 is 5.61. The van der Waals surface area contributed by atoms with Gasteiger partial charge < -0.3 is 14.2 Å². The van der Waals surface area contributed by atoms with Gasteiger partial charge in [0.2, 0.25) is 9.76 Å². The summed E-state index contributed by atoms with van der Waals surface area (Å²) in [4.78, 5) is 4.42. The molecule has 5 heteroatoms. The van der Waals surface area contributed by atoms with Crippen LogP contribution in [0.3, 0.4) is 0 Å². The van der Waals surface area contributed by atoms with Crippen LogP contribution in [0.25, 0.3) is 0 Å². The van der Waals surface area contributed by atoms with E-state index in [4.69, 9.17) is 4.43 Å². The van der Waals surface area contributed by atoms with Crippen molar-refractivity contribution >= 4 is 35.8 Å². The lowest BCUT2D eigenvalue weighted by Crippen LogP contribution is -2.25. The first-order valence-corrected chi connectivity index (χ1v) is 12.3. The van der Waals surface area contributed by atoms with Gasteiger partial charge in [0.05, 0.1) is 9.52 Å². The van der Waals surface area contributed by atoms with Crippen molar-refractivity contribution < 1.29 is 4.43 Å². The molecule has 0 heterocycles. The number of rotatable bonds is 14. The molecule has 0 N–H and O–H groups in total. The molecule has 1 rings (SSSR count). The van der Waals surface area contributed by atoms with E-state index in [1.165, 1.54) is 67.2 Å². The average Bonchev–Trinajstić information content (AvgIpc) is 2.59. The van der Waals surface area contributed by atoms with Gasteiger partial charge in [0.25, 0.3) is 0 Å². The molecule has 0 unspecified atom stereocenters. The topological polar surface area (TPSA) is 15.7 Å². The lowest BCUT2D eigenvalue weighted by Gasteiger charge is -2.21. The minimum Gasteiger partial charge on any atom is -0.415 e. The van der Waals surface area contributed by atoms with Crippen molar-refractivity contribution in [3.63, 3.8) is 0 Å². The van der Waals surface area contributed by atoms with Crippen LogP contribution < -0.4 is 15.0 Å². The van der Waals surface area contributed by atoms with Gasteiger partial charge in [0.15, 0.2) is 0 Å². The summed E-state index contributed by atoms with van der Waals surface area (Å²) in [5.74, 6) is 0. The van der Waals surface area contributed by atoms with E-state index in [0.29, 0.717) is 15.9 Å². The number of anilines is 2. The number of hydrogen-bond donors (Lipinski definition) is 0. The third kappa shape index (κ3) is 9.79. The fourth-order valence-electron chi connectivity index (χ4n) is 2.80. The fourth-order valence-corrected chi connectivity index (χ4v) is 5.02. The predicted molar refractivity (Wildman–Crippen MR) is 120 cm³/mol. The standard InChI is InChI=1S/C21H38N2OSi2/c1-18(2)24-26-16-12-10-8-7-9-11-15-25-21-14-13-19(22(3)4)17-20(21)23(5)6/h13-14,17-18H,7-12,15-16H2,1-6H3. The maximum atomic E-state index is 5.61. The van der Waals surface area contributed by atoms with Crippen LogP contribution >= 0.6 is 0 Å². The zero-order chi connectivity index (χ0) is 19.4. The summed E-state index contributed by atoms with van der Waals surface area (Å²) in [5.41, 5.74) is 2.65. The van der Waals surface area contributed by atoms with E-state index >= 15 is 0 Å². The van der Waals surface area contributed by atoms with Crippen LogP contribution in [0.4, 0.5) is 11.4 Å². The van der Waals surface area contributed by atoms with Crippen molar-refractivity contribution in [2.45, 2.75) is 70.6 Å². The molecule has 0 bridgehead atoms. The summed E-state index contributed by atoms with van der Waals surface area (Å²) in [6.07, 6.45) is 8.60. The monoisotopic (exact) mass is 390 g/mol. The Kier molecular flexibility index (Phi) is 12.0. The fraction of sp³-hybridized carbons (Fsp3) is 0.714. The van der Waals surface area contributed by atoms with Crippen LogP contribution in [0, 0.1) is 0 Å². The Morgan fingerprint density at radius 3 is 2.04 bits per heavy atom. The highest BCUT2D eigenvalue weighted by molar-refractivity contribution is 6.55. The Bertz CT molecular complexity index is 493. The van der Waals surface area contributed by atoms with Crippen molar-refractivity contribution in [1.29, 1.82) is 0 Å². The molecule has 146 valence electrons. The Hall–Kier alpha value is -0.786. The highest BCUT2D eigenvalue weighted by Crippen LogP contribution is 2.18. The summed E-state index contributed by atoms with van der Waals surface area (Å²) in [6.45, 7) is 4.23. The minimum absolute atomic E-state index is 0.390. The molecule has 1 aromatic carbocycles. The smallest absolute Gasteiger partial charge is 0.230 e. The quantitative estimate of drug-likeness (QED) is 0.346. The first-order chi connectivity index (χ1) is 12.4. The van der Waals surface area contributed by atoms with Gasteiger partial charge in [0, 0.05) is 45.7 Å². The second kappa shape index (κ2) is 13.4. The molecule has 0 fully saturated rings. The van der Waals surface area contributed by atoms with E-state index < -0.39 is 0 Å². The number of hydrogen-bond acceptors (Lipinski definition) is 3. The van der Waals surface area contributed by atoms with Crippen molar-refractivity contribution in [1.82, 2.24) is 0 Å². The highest BCUT2D eigenvalue weighted by Gasteiger charge is 2.08. The van der Waals surface area contributed by atoms with Gasteiger partial charge in [-0.05, 0) is 37.2 Å². The summed E-state index contributed by atoms with van der Waals surface area (Å²) in [7, 11) is 10.1. The van der Waals surface area contributed by atoms with Crippen LogP contribution in [0.1, 0.15) is 52.4 Å². The molecule has 4 radical (unpaired) electrons. The van der Waals surface area contributed by atoms with Gasteiger partial charge in [-0.15, -0.1) is 0 Å². The van der Waals surface area contributed by atoms with Crippen LogP contribution in [-0.4, -0.2) is 53.6 Å². The predicted octanol–water partition coefficient (Wildman–Crippen LogP) is 4.37. The second-order valence-corrected chi connectivity index (χ2v) is 10.0. The maximum Gasteiger partial charge on any atom is 0.230 e. The van der Waals surface area contributed by atoms with Gasteiger partial charge >= 0.3 is 0 Å². The van der Waals surface area contributed by atoms with Crippen molar-refractivity contribution in [2.75, 3.05) is 38.0 Å². The van der Waals surface area contributed by atoms with Crippen molar-refractivity contribution in [3.05, 3.63) is 18.2 Å². The Labute approximate surface area is 167 Å². The van der Waals surface area contributed by atoms with Gasteiger partial charge in [-0.25, -0.2) is 0 Å². The van der Waals surface area contributed by atoms with Crippen LogP contribution in [-0.2, 0) is 4.43 Å².